The Kier molecular flexibility index (Phi) is 4.79. The van der Waals surface area contributed by atoms with E-state index in [9.17, 15) is 4.79 Å². The van der Waals surface area contributed by atoms with E-state index < -0.39 is 0 Å². The van der Waals surface area contributed by atoms with Gasteiger partial charge in [0.15, 0.2) is 0 Å². The number of rotatable bonds is 6. The van der Waals surface area contributed by atoms with Gasteiger partial charge in [0.25, 0.3) is 0 Å². The number of nitrogens with zero attached hydrogens (tertiary/aromatic N) is 1. The van der Waals surface area contributed by atoms with E-state index in [1.807, 2.05) is 47.9 Å². The van der Waals surface area contributed by atoms with Crippen molar-refractivity contribution in [1.82, 2.24) is 10.4 Å². The van der Waals surface area contributed by atoms with E-state index in [0.717, 1.165) is 16.7 Å². The smallest absolute Gasteiger partial charge is 0.410 e. The molecule has 2 aliphatic rings. The highest BCUT2D eigenvalue weighted by Gasteiger charge is 2.48. The fourth-order valence-corrected chi connectivity index (χ4v) is 3.86. The second-order valence-electron chi connectivity index (χ2n) is 6.66. The van der Waals surface area contributed by atoms with Crippen LogP contribution in [-0.4, -0.2) is 41.3 Å². The van der Waals surface area contributed by atoms with Gasteiger partial charge in [0.1, 0.15) is 11.9 Å². The summed E-state index contributed by atoms with van der Waals surface area (Å²) in [5.74, 6) is -0.0594. The molecule has 0 saturated carbocycles. The molecule has 1 heterocycles. The standard InChI is InChI=1S/C20H21N3O4/c21-19(22-25)15-8-4-7-14-16(15)11-17-18(14)23(20(24)27-17)9-10-26-12-13-5-2-1-3-6-13/h1-8,17-18,25H,9-12H2,(H2,21,22). The Labute approximate surface area is 157 Å². The van der Waals surface area contributed by atoms with Crippen molar-refractivity contribution in [1.29, 1.82) is 5.41 Å². The van der Waals surface area contributed by atoms with Crippen LogP contribution < -0.4 is 5.48 Å². The fourth-order valence-electron chi connectivity index (χ4n) is 3.86. The maximum absolute atomic E-state index is 12.3. The third-order valence-corrected chi connectivity index (χ3v) is 5.08. The van der Waals surface area contributed by atoms with Crippen molar-refractivity contribution in [2.75, 3.05) is 13.2 Å². The fraction of sp³-hybridized carbons (Fsp3) is 0.300. The molecule has 2 aromatic rings. The third kappa shape index (κ3) is 3.27. The molecule has 7 nitrogen and oxygen atoms in total. The van der Waals surface area contributed by atoms with Crippen LogP contribution in [0.25, 0.3) is 0 Å². The summed E-state index contributed by atoms with van der Waals surface area (Å²) in [6, 6.07) is 15.3. The predicted molar refractivity (Wildman–Crippen MR) is 97.7 cm³/mol. The molecule has 1 saturated heterocycles. The third-order valence-electron chi connectivity index (χ3n) is 5.08. The lowest BCUT2D eigenvalue weighted by Crippen LogP contribution is -2.31. The van der Waals surface area contributed by atoms with E-state index in [1.54, 1.807) is 11.0 Å². The lowest BCUT2D eigenvalue weighted by Gasteiger charge is -2.22. The zero-order valence-electron chi connectivity index (χ0n) is 14.7. The van der Waals surface area contributed by atoms with Gasteiger partial charge < -0.3 is 9.47 Å². The number of hydroxylamine groups is 1. The highest BCUT2D eigenvalue weighted by Crippen LogP contribution is 2.43. The monoisotopic (exact) mass is 367 g/mol. The van der Waals surface area contributed by atoms with E-state index >= 15 is 0 Å². The molecule has 0 radical (unpaired) electrons. The van der Waals surface area contributed by atoms with Gasteiger partial charge in [0.05, 0.1) is 19.3 Å². The molecule has 0 aromatic heterocycles. The second-order valence-corrected chi connectivity index (χ2v) is 6.66. The first-order valence-electron chi connectivity index (χ1n) is 8.89. The van der Waals surface area contributed by atoms with Gasteiger partial charge in [-0.15, -0.1) is 0 Å². The van der Waals surface area contributed by atoms with Gasteiger partial charge in [-0.2, -0.15) is 0 Å². The molecule has 1 amide bonds. The number of hydrogen-bond acceptors (Lipinski definition) is 5. The first-order chi connectivity index (χ1) is 13.2. The number of ether oxygens (including phenoxy) is 2. The number of amides is 1. The molecular formula is C20H21N3O4. The lowest BCUT2D eigenvalue weighted by molar-refractivity contribution is 0.0933. The Morgan fingerprint density at radius 1 is 1.26 bits per heavy atom. The molecule has 7 heteroatoms. The molecule has 0 bridgehead atoms. The molecule has 2 atom stereocenters. The van der Waals surface area contributed by atoms with Crippen molar-refractivity contribution in [3.63, 3.8) is 0 Å². The average molecular weight is 367 g/mol. The first kappa shape index (κ1) is 17.5. The highest BCUT2D eigenvalue weighted by molar-refractivity contribution is 5.97. The predicted octanol–water partition coefficient (Wildman–Crippen LogP) is 2.63. The number of amidine groups is 1. The van der Waals surface area contributed by atoms with Crippen LogP contribution in [0.1, 0.15) is 28.3 Å². The van der Waals surface area contributed by atoms with Crippen molar-refractivity contribution in [3.05, 3.63) is 70.8 Å². The number of hydrogen-bond donors (Lipinski definition) is 3. The zero-order valence-corrected chi connectivity index (χ0v) is 14.7. The van der Waals surface area contributed by atoms with Crippen LogP contribution in [0, 0.1) is 5.41 Å². The summed E-state index contributed by atoms with van der Waals surface area (Å²) in [6.07, 6.45) is -0.0677. The van der Waals surface area contributed by atoms with Crippen molar-refractivity contribution < 1.29 is 19.5 Å². The number of nitrogens with one attached hydrogen (secondary N) is 2. The topological polar surface area (TPSA) is 94.9 Å². The minimum atomic E-state index is -0.334. The molecule has 1 aliphatic heterocycles. The van der Waals surface area contributed by atoms with Gasteiger partial charge in [0.2, 0.25) is 0 Å². The minimum Gasteiger partial charge on any atom is -0.443 e. The normalized spacial score (nSPS) is 20.2. The Hall–Kier alpha value is -2.90. The lowest BCUT2D eigenvalue weighted by atomic mass is 10.0. The van der Waals surface area contributed by atoms with Crippen LogP contribution in [0.4, 0.5) is 4.79 Å². The zero-order chi connectivity index (χ0) is 18.8. The molecule has 2 aromatic carbocycles. The van der Waals surface area contributed by atoms with E-state index in [-0.39, 0.29) is 24.1 Å². The average Bonchev–Trinajstić information content (AvgIpc) is 3.20. The van der Waals surface area contributed by atoms with Gasteiger partial charge in [-0.1, -0.05) is 48.5 Å². The Morgan fingerprint density at radius 3 is 2.85 bits per heavy atom. The van der Waals surface area contributed by atoms with E-state index in [0.29, 0.717) is 31.7 Å². The van der Waals surface area contributed by atoms with Gasteiger partial charge in [-0.05, 0) is 16.7 Å². The van der Waals surface area contributed by atoms with E-state index in [1.165, 1.54) is 0 Å². The molecule has 1 aliphatic carbocycles. The quantitative estimate of drug-likeness (QED) is 0.316. The SMILES string of the molecule is N=C(NO)c1cccc2c1CC1OC(=O)N(CCOCc3ccccc3)C21. The van der Waals surface area contributed by atoms with Crippen LogP contribution in [0.15, 0.2) is 48.5 Å². The summed E-state index contributed by atoms with van der Waals surface area (Å²) in [6.45, 7) is 1.35. The van der Waals surface area contributed by atoms with Crippen LogP contribution in [0.3, 0.4) is 0 Å². The molecule has 27 heavy (non-hydrogen) atoms. The summed E-state index contributed by atoms with van der Waals surface area (Å²) in [4.78, 5) is 14.0. The molecule has 2 unspecified atom stereocenters. The maximum atomic E-state index is 12.3. The van der Waals surface area contributed by atoms with Crippen LogP contribution in [-0.2, 0) is 22.5 Å². The van der Waals surface area contributed by atoms with Crippen molar-refractivity contribution in [2.45, 2.75) is 25.2 Å². The van der Waals surface area contributed by atoms with Crippen molar-refractivity contribution in [2.24, 2.45) is 0 Å². The van der Waals surface area contributed by atoms with Crippen LogP contribution in [0.5, 0.6) is 0 Å². The van der Waals surface area contributed by atoms with Crippen LogP contribution >= 0.6 is 0 Å². The molecule has 0 spiro atoms. The molecular weight excluding hydrogens is 346 g/mol. The molecule has 140 valence electrons. The number of carbonyl (C=O) groups is 1. The Morgan fingerprint density at radius 2 is 2.07 bits per heavy atom. The maximum Gasteiger partial charge on any atom is 0.410 e. The molecule has 1 fully saturated rings. The number of fused-ring (bicyclic) bond motifs is 3. The van der Waals surface area contributed by atoms with E-state index in [4.69, 9.17) is 20.1 Å². The van der Waals surface area contributed by atoms with Crippen LogP contribution in [0.2, 0.25) is 0 Å². The summed E-state index contributed by atoms with van der Waals surface area (Å²) in [7, 11) is 0. The van der Waals surface area contributed by atoms with Gasteiger partial charge in [-0.25, -0.2) is 4.79 Å². The first-order valence-corrected chi connectivity index (χ1v) is 8.89. The number of carbonyl (C=O) groups excluding carboxylic acids is 1. The molecule has 4 rings (SSSR count). The number of benzene rings is 2. The minimum absolute atomic E-state index is 0.0594. The summed E-state index contributed by atoms with van der Waals surface area (Å²) >= 11 is 0. The van der Waals surface area contributed by atoms with Gasteiger partial charge in [-0.3, -0.25) is 21.0 Å². The Balaban J connectivity index is 1.45. The summed E-state index contributed by atoms with van der Waals surface area (Å²) < 4.78 is 11.3. The Bertz CT molecular complexity index is 856. The van der Waals surface area contributed by atoms with Crippen molar-refractivity contribution in [3.8, 4) is 0 Å². The largest absolute Gasteiger partial charge is 0.443 e. The highest BCUT2D eigenvalue weighted by atomic mass is 16.6. The second kappa shape index (κ2) is 7.38. The van der Waals surface area contributed by atoms with E-state index in [2.05, 4.69) is 0 Å². The van der Waals surface area contributed by atoms with Gasteiger partial charge in [0, 0.05) is 18.5 Å². The van der Waals surface area contributed by atoms with Crippen molar-refractivity contribution >= 4 is 11.9 Å². The molecule has 3 N–H and O–H groups in total. The summed E-state index contributed by atoms with van der Waals surface area (Å²) in [5, 5.41) is 16.9. The van der Waals surface area contributed by atoms with Gasteiger partial charge >= 0.3 is 6.09 Å². The summed E-state index contributed by atoms with van der Waals surface area (Å²) in [5.41, 5.74) is 5.51.